The van der Waals surface area contributed by atoms with E-state index in [1.54, 1.807) is 0 Å². The van der Waals surface area contributed by atoms with Gasteiger partial charge in [-0.1, -0.05) is 19.8 Å². The lowest BCUT2D eigenvalue weighted by atomic mass is 9.87. The molecule has 1 saturated carbocycles. The van der Waals surface area contributed by atoms with Crippen LogP contribution in [0, 0.1) is 11.8 Å². The van der Waals surface area contributed by atoms with Crippen molar-refractivity contribution in [3.05, 3.63) is 0 Å². The molecule has 70 valence electrons. The summed E-state index contributed by atoms with van der Waals surface area (Å²) in [5.74, 6) is 1.94. The van der Waals surface area contributed by atoms with Crippen LogP contribution in [0.3, 0.4) is 0 Å². The summed E-state index contributed by atoms with van der Waals surface area (Å²) in [4.78, 5) is 0. The zero-order valence-corrected chi connectivity index (χ0v) is 8.18. The van der Waals surface area contributed by atoms with Crippen molar-refractivity contribution in [1.82, 2.24) is 5.32 Å². The zero-order valence-electron chi connectivity index (χ0n) is 8.18. The second kappa shape index (κ2) is 3.78. The molecular formula is C11H21N. The molecule has 2 aliphatic rings. The average molecular weight is 167 g/mol. The molecule has 1 aliphatic heterocycles. The predicted molar refractivity (Wildman–Crippen MR) is 52.1 cm³/mol. The number of hydrogen-bond donors (Lipinski definition) is 1. The maximum absolute atomic E-state index is 3.71. The van der Waals surface area contributed by atoms with Gasteiger partial charge < -0.3 is 5.32 Å². The Kier molecular flexibility index (Phi) is 2.69. The van der Waals surface area contributed by atoms with E-state index in [0.717, 1.165) is 17.9 Å². The Balaban J connectivity index is 1.80. The first kappa shape index (κ1) is 8.55. The third-order valence-corrected chi connectivity index (χ3v) is 3.67. The van der Waals surface area contributed by atoms with Crippen LogP contribution in [-0.2, 0) is 0 Å². The van der Waals surface area contributed by atoms with Gasteiger partial charge in [-0.25, -0.2) is 0 Å². The van der Waals surface area contributed by atoms with Crippen molar-refractivity contribution in [2.24, 2.45) is 11.8 Å². The standard InChI is InChI=1S/C11H21N/c1-9-6-7-11(12-8-9)10-4-2-3-5-10/h9-12H,2-8H2,1H3. The molecule has 0 amide bonds. The minimum Gasteiger partial charge on any atom is -0.313 e. The third kappa shape index (κ3) is 1.82. The van der Waals surface area contributed by atoms with Crippen molar-refractivity contribution in [2.75, 3.05) is 6.54 Å². The molecule has 0 radical (unpaired) electrons. The molecule has 0 bridgehead atoms. The van der Waals surface area contributed by atoms with Crippen LogP contribution in [0.15, 0.2) is 0 Å². The van der Waals surface area contributed by atoms with Crippen molar-refractivity contribution in [2.45, 2.75) is 51.5 Å². The molecule has 0 aromatic heterocycles. The molecule has 0 aromatic rings. The van der Waals surface area contributed by atoms with Gasteiger partial charge in [0, 0.05) is 6.04 Å². The molecule has 2 rings (SSSR count). The highest BCUT2D eigenvalue weighted by Gasteiger charge is 2.27. The van der Waals surface area contributed by atoms with Gasteiger partial charge in [-0.15, -0.1) is 0 Å². The molecule has 1 N–H and O–H groups in total. The molecule has 2 fully saturated rings. The van der Waals surface area contributed by atoms with Gasteiger partial charge in [0.1, 0.15) is 0 Å². The van der Waals surface area contributed by atoms with Crippen molar-refractivity contribution in [1.29, 1.82) is 0 Å². The summed E-state index contributed by atoms with van der Waals surface area (Å²) in [5.41, 5.74) is 0. The fourth-order valence-electron chi connectivity index (χ4n) is 2.78. The van der Waals surface area contributed by atoms with E-state index < -0.39 is 0 Å². The summed E-state index contributed by atoms with van der Waals surface area (Å²) in [6.07, 6.45) is 8.84. The van der Waals surface area contributed by atoms with Gasteiger partial charge in [0.15, 0.2) is 0 Å². The first-order valence-electron chi connectivity index (χ1n) is 5.59. The van der Waals surface area contributed by atoms with Crippen LogP contribution in [0.1, 0.15) is 45.4 Å². The molecule has 2 atom stereocenters. The number of nitrogens with one attached hydrogen (secondary N) is 1. The Bertz CT molecular complexity index is 130. The lowest BCUT2D eigenvalue weighted by Crippen LogP contribution is -2.42. The fourth-order valence-corrected chi connectivity index (χ4v) is 2.78. The Morgan fingerprint density at radius 3 is 2.33 bits per heavy atom. The third-order valence-electron chi connectivity index (χ3n) is 3.67. The lowest BCUT2D eigenvalue weighted by Gasteiger charge is -2.31. The maximum atomic E-state index is 3.71. The van der Waals surface area contributed by atoms with Crippen LogP contribution in [0.25, 0.3) is 0 Å². The summed E-state index contributed by atoms with van der Waals surface area (Å²) >= 11 is 0. The minimum atomic E-state index is 0.878. The number of piperidine rings is 1. The molecule has 1 heteroatoms. The molecule has 1 saturated heterocycles. The van der Waals surface area contributed by atoms with E-state index in [4.69, 9.17) is 0 Å². The largest absolute Gasteiger partial charge is 0.313 e. The van der Waals surface area contributed by atoms with Crippen LogP contribution in [-0.4, -0.2) is 12.6 Å². The van der Waals surface area contributed by atoms with E-state index >= 15 is 0 Å². The topological polar surface area (TPSA) is 12.0 Å². The Morgan fingerprint density at radius 2 is 1.75 bits per heavy atom. The number of hydrogen-bond acceptors (Lipinski definition) is 1. The zero-order chi connectivity index (χ0) is 8.39. The van der Waals surface area contributed by atoms with Crippen molar-refractivity contribution in [3.8, 4) is 0 Å². The van der Waals surface area contributed by atoms with Gasteiger partial charge >= 0.3 is 0 Å². The molecule has 12 heavy (non-hydrogen) atoms. The molecular weight excluding hydrogens is 146 g/mol. The highest BCUT2D eigenvalue weighted by molar-refractivity contribution is 4.84. The lowest BCUT2D eigenvalue weighted by molar-refractivity contribution is 0.257. The molecule has 1 aliphatic carbocycles. The molecule has 0 aromatic carbocycles. The normalized spacial score (nSPS) is 38.8. The van der Waals surface area contributed by atoms with Crippen LogP contribution >= 0.6 is 0 Å². The average Bonchev–Trinajstić information content (AvgIpc) is 2.58. The van der Waals surface area contributed by atoms with Gasteiger partial charge in [0.25, 0.3) is 0 Å². The van der Waals surface area contributed by atoms with Crippen molar-refractivity contribution >= 4 is 0 Å². The van der Waals surface area contributed by atoms with Crippen LogP contribution in [0.4, 0.5) is 0 Å². The first-order valence-corrected chi connectivity index (χ1v) is 5.59. The summed E-state index contributed by atoms with van der Waals surface area (Å²) in [6.45, 7) is 3.62. The quantitative estimate of drug-likeness (QED) is 0.633. The molecule has 1 heterocycles. The SMILES string of the molecule is CC1CCC(C2CCCC2)NC1. The highest BCUT2D eigenvalue weighted by atomic mass is 14.9. The van der Waals surface area contributed by atoms with Crippen LogP contribution in [0.5, 0.6) is 0 Å². The molecule has 2 unspecified atom stereocenters. The smallest absolute Gasteiger partial charge is 0.00955 e. The van der Waals surface area contributed by atoms with Crippen molar-refractivity contribution < 1.29 is 0 Å². The van der Waals surface area contributed by atoms with Crippen molar-refractivity contribution in [3.63, 3.8) is 0 Å². The van der Waals surface area contributed by atoms with Gasteiger partial charge in [-0.05, 0) is 44.1 Å². The number of rotatable bonds is 1. The Morgan fingerprint density at radius 1 is 1.00 bits per heavy atom. The van der Waals surface area contributed by atoms with Gasteiger partial charge in [0.05, 0.1) is 0 Å². The summed E-state index contributed by atoms with van der Waals surface area (Å²) in [6, 6.07) is 0.878. The fraction of sp³-hybridized carbons (Fsp3) is 1.00. The van der Waals surface area contributed by atoms with Gasteiger partial charge in [0.2, 0.25) is 0 Å². The summed E-state index contributed by atoms with van der Waals surface area (Å²) in [5, 5.41) is 3.71. The van der Waals surface area contributed by atoms with Gasteiger partial charge in [-0.3, -0.25) is 0 Å². The molecule has 0 spiro atoms. The van der Waals surface area contributed by atoms with Gasteiger partial charge in [-0.2, -0.15) is 0 Å². The van der Waals surface area contributed by atoms with E-state index in [1.807, 2.05) is 0 Å². The Labute approximate surface area is 75.9 Å². The predicted octanol–water partition coefficient (Wildman–Crippen LogP) is 2.56. The van der Waals surface area contributed by atoms with E-state index in [2.05, 4.69) is 12.2 Å². The Hall–Kier alpha value is -0.0400. The summed E-state index contributed by atoms with van der Waals surface area (Å²) in [7, 11) is 0. The van der Waals surface area contributed by atoms with Crippen LogP contribution < -0.4 is 5.32 Å². The first-order chi connectivity index (χ1) is 5.86. The maximum Gasteiger partial charge on any atom is 0.00955 e. The monoisotopic (exact) mass is 167 g/mol. The van der Waals surface area contributed by atoms with E-state index in [-0.39, 0.29) is 0 Å². The van der Waals surface area contributed by atoms with E-state index in [0.29, 0.717) is 0 Å². The minimum absolute atomic E-state index is 0.878. The van der Waals surface area contributed by atoms with E-state index in [9.17, 15) is 0 Å². The van der Waals surface area contributed by atoms with Crippen LogP contribution in [0.2, 0.25) is 0 Å². The van der Waals surface area contributed by atoms with E-state index in [1.165, 1.54) is 45.1 Å². The highest BCUT2D eigenvalue weighted by Crippen LogP contribution is 2.31. The second-order valence-corrected chi connectivity index (χ2v) is 4.74. The second-order valence-electron chi connectivity index (χ2n) is 4.74. The summed E-state index contributed by atoms with van der Waals surface area (Å²) < 4.78 is 0. The molecule has 1 nitrogen and oxygen atoms in total.